The van der Waals surface area contributed by atoms with Crippen LogP contribution in [0.4, 0.5) is 18.3 Å². The Morgan fingerprint density at radius 2 is 1.88 bits per heavy atom. The highest BCUT2D eigenvalue weighted by molar-refractivity contribution is 7.14. The van der Waals surface area contributed by atoms with Crippen LogP contribution in [0.3, 0.4) is 0 Å². The summed E-state index contributed by atoms with van der Waals surface area (Å²) in [6.45, 7) is 3.44. The quantitative estimate of drug-likeness (QED) is 0.242. The topological polar surface area (TPSA) is 88.5 Å². The van der Waals surface area contributed by atoms with E-state index in [9.17, 15) is 18.4 Å². The van der Waals surface area contributed by atoms with E-state index in [0.29, 0.717) is 17.2 Å². The fourth-order valence-electron chi connectivity index (χ4n) is 4.93. The van der Waals surface area contributed by atoms with Crippen LogP contribution >= 0.6 is 11.3 Å². The molecule has 212 valence electrons. The summed E-state index contributed by atoms with van der Waals surface area (Å²) in [5.41, 5.74) is -0.153. The third-order valence-electron chi connectivity index (χ3n) is 7.15. The predicted molar refractivity (Wildman–Crippen MR) is 149 cm³/mol. The third kappa shape index (κ3) is 6.98. The van der Waals surface area contributed by atoms with E-state index in [-0.39, 0.29) is 34.5 Å². The lowest BCUT2D eigenvalue weighted by molar-refractivity contribution is -0.132. The first-order valence-corrected chi connectivity index (χ1v) is 14.1. The van der Waals surface area contributed by atoms with Gasteiger partial charge in [0.15, 0.2) is 5.13 Å². The molecule has 1 aromatic heterocycles. The molecular formula is C30H31F3N2O4S. The van der Waals surface area contributed by atoms with Crippen LogP contribution in [0.2, 0.25) is 0 Å². The van der Waals surface area contributed by atoms with Crippen molar-refractivity contribution in [3.05, 3.63) is 75.4 Å². The van der Waals surface area contributed by atoms with Gasteiger partial charge in [-0.25, -0.2) is 22.9 Å². The third-order valence-corrected chi connectivity index (χ3v) is 7.91. The van der Waals surface area contributed by atoms with Crippen molar-refractivity contribution < 1.29 is 32.6 Å². The van der Waals surface area contributed by atoms with Gasteiger partial charge in [-0.3, -0.25) is 10.1 Å². The molecule has 0 aliphatic heterocycles. The number of rotatable bonds is 10. The van der Waals surface area contributed by atoms with Crippen molar-refractivity contribution in [1.29, 1.82) is 0 Å². The number of aliphatic carboxylic acids is 1. The number of hydrogen-bond acceptors (Lipinski definition) is 5. The first-order valence-electron chi connectivity index (χ1n) is 13.2. The van der Waals surface area contributed by atoms with Crippen LogP contribution < -0.4 is 5.32 Å². The van der Waals surface area contributed by atoms with E-state index in [1.807, 2.05) is 0 Å². The molecule has 1 atom stereocenters. The Bertz CT molecular complexity index is 1390. The number of amides is 1. The Kier molecular flexibility index (Phi) is 9.76. The Hall–Kier alpha value is -3.50. The monoisotopic (exact) mass is 572 g/mol. The summed E-state index contributed by atoms with van der Waals surface area (Å²) in [5, 5.41) is 13.1. The normalized spacial score (nSPS) is 15.2. The van der Waals surface area contributed by atoms with Crippen LogP contribution in [-0.2, 0) is 16.1 Å². The number of nitrogens with one attached hydrogen (secondary N) is 1. The summed E-state index contributed by atoms with van der Waals surface area (Å²) in [5.74, 6) is -4.26. The Balaban J connectivity index is 1.45. The molecule has 3 aromatic rings. The number of carboxylic acid groups (broad SMARTS) is 1. The van der Waals surface area contributed by atoms with E-state index < -0.39 is 34.9 Å². The largest absolute Gasteiger partial charge is 0.478 e. The van der Waals surface area contributed by atoms with Crippen molar-refractivity contribution in [1.82, 2.24) is 4.98 Å². The maximum Gasteiger partial charge on any atom is 0.331 e. The number of halogens is 3. The maximum atomic E-state index is 15.4. The molecule has 1 amide bonds. The molecule has 1 aliphatic rings. The zero-order chi connectivity index (χ0) is 28.8. The number of nitrogens with zero attached hydrogens (tertiary/aromatic N) is 1. The molecule has 1 saturated carbocycles. The van der Waals surface area contributed by atoms with Gasteiger partial charge < -0.3 is 9.84 Å². The second-order valence-electron chi connectivity index (χ2n) is 9.91. The highest BCUT2D eigenvalue weighted by Gasteiger charge is 2.24. The SMILES string of the molecule is CCC(OCc1cccc(-c2csc(NC(=O)c3cc(F)c(C=C(C)C(=O)O)c(F)c3)n2)c1F)C1CCCCC1. The van der Waals surface area contributed by atoms with Crippen LogP contribution in [-0.4, -0.2) is 28.1 Å². The van der Waals surface area contributed by atoms with Gasteiger partial charge in [-0.2, -0.15) is 0 Å². The van der Waals surface area contributed by atoms with Gasteiger partial charge in [0.2, 0.25) is 0 Å². The van der Waals surface area contributed by atoms with E-state index >= 15 is 4.39 Å². The number of hydrogen-bond donors (Lipinski definition) is 2. The van der Waals surface area contributed by atoms with Gasteiger partial charge >= 0.3 is 5.97 Å². The summed E-state index contributed by atoms with van der Waals surface area (Å²) in [6, 6.07) is 6.63. The Morgan fingerprint density at radius 1 is 1.18 bits per heavy atom. The second kappa shape index (κ2) is 13.2. The van der Waals surface area contributed by atoms with Crippen LogP contribution in [0.25, 0.3) is 17.3 Å². The molecule has 0 radical (unpaired) electrons. The lowest BCUT2D eigenvalue weighted by Gasteiger charge is -2.29. The van der Waals surface area contributed by atoms with Gasteiger partial charge in [-0.05, 0) is 56.4 Å². The maximum absolute atomic E-state index is 15.4. The molecule has 1 aliphatic carbocycles. The highest BCUT2D eigenvalue weighted by atomic mass is 32.1. The van der Waals surface area contributed by atoms with Gasteiger partial charge in [0, 0.05) is 33.2 Å². The predicted octanol–water partition coefficient (Wildman–Crippen LogP) is 7.84. The standard InChI is InChI=1S/C30H31F3N2O4S/c1-3-26(18-8-5-4-6-9-18)39-15-19-10-7-11-21(27(19)33)25-16-40-30(34-25)35-28(36)20-13-23(31)22(24(32)14-20)12-17(2)29(37)38/h7,10-14,16,18,26H,3-6,8-9,15H2,1-2H3,(H,37,38)(H,34,35,36). The van der Waals surface area contributed by atoms with Crippen LogP contribution in [0.5, 0.6) is 0 Å². The van der Waals surface area contributed by atoms with Gasteiger partial charge in [-0.1, -0.05) is 38.3 Å². The van der Waals surface area contributed by atoms with Crippen molar-refractivity contribution in [2.45, 2.75) is 65.1 Å². The number of ether oxygens (including phenoxy) is 1. The number of thiazole rings is 1. The summed E-state index contributed by atoms with van der Waals surface area (Å²) in [4.78, 5) is 27.9. The van der Waals surface area contributed by atoms with Gasteiger partial charge in [0.25, 0.3) is 5.91 Å². The first kappa shape index (κ1) is 29.5. The van der Waals surface area contributed by atoms with Crippen molar-refractivity contribution in [3.63, 3.8) is 0 Å². The molecule has 1 fully saturated rings. The molecule has 1 unspecified atom stereocenters. The van der Waals surface area contributed by atoms with E-state index in [1.165, 1.54) is 26.2 Å². The fraction of sp³-hybridized carbons (Fsp3) is 0.367. The van der Waals surface area contributed by atoms with E-state index in [0.717, 1.165) is 48.8 Å². The average molecular weight is 573 g/mol. The van der Waals surface area contributed by atoms with Gasteiger partial charge in [0.05, 0.1) is 18.4 Å². The molecule has 2 aromatic carbocycles. The van der Waals surface area contributed by atoms with E-state index in [1.54, 1.807) is 23.6 Å². The number of aromatic nitrogens is 1. The lowest BCUT2D eigenvalue weighted by atomic mass is 9.84. The van der Waals surface area contributed by atoms with Crippen molar-refractivity contribution >= 4 is 34.4 Å². The first-order chi connectivity index (χ1) is 19.2. The van der Waals surface area contributed by atoms with Gasteiger partial charge in [-0.15, -0.1) is 11.3 Å². The zero-order valence-corrected chi connectivity index (χ0v) is 23.1. The van der Waals surface area contributed by atoms with Crippen molar-refractivity contribution in [3.8, 4) is 11.3 Å². The molecule has 4 rings (SSSR count). The molecule has 6 nitrogen and oxygen atoms in total. The number of carboxylic acids is 1. The minimum Gasteiger partial charge on any atom is -0.478 e. The molecule has 0 bridgehead atoms. The molecule has 0 spiro atoms. The summed E-state index contributed by atoms with van der Waals surface area (Å²) < 4.78 is 50.5. The molecule has 1 heterocycles. The average Bonchev–Trinajstić information content (AvgIpc) is 3.40. The molecule has 2 N–H and O–H groups in total. The highest BCUT2D eigenvalue weighted by Crippen LogP contribution is 2.32. The molecule has 10 heteroatoms. The number of benzene rings is 2. The van der Waals surface area contributed by atoms with Crippen LogP contribution in [0.15, 0.2) is 41.3 Å². The van der Waals surface area contributed by atoms with Crippen LogP contribution in [0.1, 0.15) is 73.9 Å². The molecular weight excluding hydrogens is 541 g/mol. The van der Waals surface area contributed by atoms with Gasteiger partial charge in [0.1, 0.15) is 17.5 Å². The number of carbonyl (C=O) groups excluding carboxylic acids is 1. The van der Waals surface area contributed by atoms with Crippen molar-refractivity contribution in [2.24, 2.45) is 5.92 Å². The Labute approximate surface area is 234 Å². The number of carbonyl (C=O) groups is 2. The van der Waals surface area contributed by atoms with Crippen molar-refractivity contribution in [2.75, 3.05) is 5.32 Å². The van der Waals surface area contributed by atoms with E-state index in [2.05, 4.69) is 17.2 Å². The van der Waals surface area contributed by atoms with Crippen LogP contribution in [0, 0.1) is 23.4 Å². The second-order valence-corrected chi connectivity index (χ2v) is 10.8. The summed E-state index contributed by atoms with van der Waals surface area (Å²) in [6.07, 6.45) is 7.76. The fourth-order valence-corrected chi connectivity index (χ4v) is 5.64. The summed E-state index contributed by atoms with van der Waals surface area (Å²) >= 11 is 1.04. The molecule has 40 heavy (non-hydrogen) atoms. The Morgan fingerprint density at radius 3 is 2.52 bits per heavy atom. The number of anilines is 1. The minimum absolute atomic E-state index is 0.0883. The molecule has 0 saturated heterocycles. The lowest BCUT2D eigenvalue weighted by Crippen LogP contribution is -2.25. The smallest absolute Gasteiger partial charge is 0.331 e. The summed E-state index contributed by atoms with van der Waals surface area (Å²) in [7, 11) is 0. The zero-order valence-electron chi connectivity index (χ0n) is 22.3. The van der Waals surface area contributed by atoms with E-state index in [4.69, 9.17) is 9.84 Å². The minimum atomic E-state index is -1.32.